The Morgan fingerprint density at radius 2 is 1.87 bits per heavy atom. The van der Waals surface area contributed by atoms with Crippen molar-refractivity contribution in [3.8, 4) is 0 Å². The maximum atomic E-state index is 13.0. The smallest absolute Gasteiger partial charge is 0.298 e. The number of oxazole rings is 1. The number of para-hydroxylation sites is 2. The van der Waals surface area contributed by atoms with Crippen LogP contribution in [0, 0.1) is 0 Å². The molecule has 1 N–H and O–H groups in total. The average Bonchev–Trinajstić information content (AvgIpc) is 3.15. The molecule has 0 bridgehead atoms. The van der Waals surface area contributed by atoms with Crippen LogP contribution in [0.3, 0.4) is 0 Å². The third-order valence-electron chi connectivity index (χ3n) is 5.47. The lowest BCUT2D eigenvalue weighted by Gasteiger charge is -2.20. The van der Waals surface area contributed by atoms with Gasteiger partial charge in [-0.05, 0) is 18.6 Å². The van der Waals surface area contributed by atoms with Gasteiger partial charge in [-0.15, -0.1) is 24.8 Å². The van der Waals surface area contributed by atoms with Crippen molar-refractivity contribution in [2.24, 2.45) is 0 Å². The fourth-order valence-corrected chi connectivity index (χ4v) is 3.94. The molecule has 1 aromatic carbocycles. The van der Waals surface area contributed by atoms with Gasteiger partial charge in [0.2, 0.25) is 0 Å². The molecule has 0 unspecified atom stereocenters. The fraction of sp³-hybridized carbons (Fsp3) is 0.450. The molecule has 0 saturated carbocycles. The van der Waals surface area contributed by atoms with Gasteiger partial charge in [0.25, 0.3) is 11.9 Å². The second-order valence-corrected chi connectivity index (χ2v) is 7.33. The largest absolute Gasteiger partial charge is 0.423 e. The molecule has 0 radical (unpaired) electrons. The second-order valence-electron chi connectivity index (χ2n) is 7.33. The minimum atomic E-state index is 0. The molecule has 1 amide bonds. The van der Waals surface area contributed by atoms with Crippen LogP contribution in [0.5, 0.6) is 0 Å². The van der Waals surface area contributed by atoms with Crippen LogP contribution in [0.4, 0.5) is 6.01 Å². The molecule has 0 atom stereocenters. The third kappa shape index (κ3) is 4.40. The monoisotopic (exact) mass is 452 g/mol. The number of carbonyl (C=O) groups is 1. The Bertz CT molecular complexity index is 948. The van der Waals surface area contributed by atoms with Crippen LogP contribution >= 0.6 is 24.8 Å². The predicted octanol–water partition coefficient (Wildman–Crippen LogP) is 2.37. The molecule has 1 fully saturated rings. The van der Waals surface area contributed by atoms with Crippen molar-refractivity contribution in [3.05, 3.63) is 42.0 Å². The number of nitrogens with one attached hydrogen (secondary N) is 1. The van der Waals surface area contributed by atoms with E-state index in [0.29, 0.717) is 24.8 Å². The first-order chi connectivity index (χ1) is 13.8. The van der Waals surface area contributed by atoms with Gasteiger partial charge in [-0.25, -0.2) is 4.98 Å². The van der Waals surface area contributed by atoms with Crippen molar-refractivity contribution in [1.29, 1.82) is 0 Å². The van der Waals surface area contributed by atoms with Gasteiger partial charge in [0, 0.05) is 58.4 Å². The molecule has 162 valence electrons. The van der Waals surface area contributed by atoms with E-state index in [1.165, 1.54) is 0 Å². The highest BCUT2D eigenvalue weighted by Crippen LogP contribution is 2.23. The third-order valence-corrected chi connectivity index (χ3v) is 5.47. The molecule has 2 aromatic heterocycles. The summed E-state index contributed by atoms with van der Waals surface area (Å²) in [5.41, 5.74) is 2.22. The summed E-state index contributed by atoms with van der Waals surface area (Å²) >= 11 is 0. The van der Waals surface area contributed by atoms with Crippen LogP contribution in [0.15, 0.2) is 34.9 Å². The Balaban J connectivity index is 0.00000128. The topological polar surface area (TPSA) is 79.4 Å². The maximum Gasteiger partial charge on any atom is 0.298 e. The van der Waals surface area contributed by atoms with Crippen molar-refractivity contribution in [2.75, 3.05) is 44.2 Å². The van der Waals surface area contributed by atoms with Gasteiger partial charge in [0.05, 0.1) is 0 Å². The number of rotatable bonds is 2. The summed E-state index contributed by atoms with van der Waals surface area (Å²) in [7, 11) is 0. The Hall–Kier alpha value is -2.29. The van der Waals surface area contributed by atoms with Crippen LogP contribution in [0.25, 0.3) is 11.1 Å². The number of imidazole rings is 1. The SMILES string of the molecule is Cl.Cl.O=C(c1cn2c(n1)CCNCC2)N1CCCN(c2nc3ccccc3o2)CC1. The van der Waals surface area contributed by atoms with E-state index in [4.69, 9.17) is 4.42 Å². The van der Waals surface area contributed by atoms with Crippen molar-refractivity contribution in [2.45, 2.75) is 19.4 Å². The minimum absolute atomic E-state index is 0. The number of halogens is 2. The number of hydrogen-bond acceptors (Lipinski definition) is 6. The highest BCUT2D eigenvalue weighted by atomic mass is 35.5. The molecule has 1 saturated heterocycles. The van der Waals surface area contributed by atoms with E-state index >= 15 is 0 Å². The number of aromatic nitrogens is 3. The number of carbonyl (C=O) groups excluding carboxylic acids is 1. The van der Waals surface area contributed by atoms with Gasteiger partial charge in [0.15, 0.2) is 5.58 Å². The van der Waals surface area contributed by atoms with Gasteiger partial charge in [0.1, 0.15) is 17.0 Å². The highest BCUT2D eigenvalue weighted by molar-refractivity contribution is 5.92. The summed E-state index contributed by atoms with van der Waals surface area (Å²) in [4.78, 5) is 26.3. The van der Waals surface area contributed by atoms with E-state index < -0.39 is 0 Å². The van der Waals surface area contributed by atoms with E-state index in [1.54, 1.807) is 0 Å². The fourth-order valence-electron chi connectivity index (χ4n) is 3.94. The van der Waals surface area contributed by atoms with Crippen LogP contribution in [-0.2, 0) is 13.0 Å². The van der Waals surface area contributed by atoms with Crippen molar-refractivity contribution in [3.63, 3.8) is 0 Å². The quantitative estimate of drug-likeness (QED) is 0.642. The Labute approximate surface area is 187 Å². The number of amides is 1. The first kappa shape index (κ1) is 22.4. The van der Waals surface area contributed by atoms with Crippen LogP contribution < -0.4 is 10.2 Å². The molecule has 30 heavy (non-hydrogen) atoms. The van der Waals surface area contributed by atoms with Gasteiger partial charge >= 0.3 is 0 Å². The van der Waals surface area contributed by atoms with E-state index in [1.807, 2.05) is 35.4 Å². The van der Waals surface area contributed by atoms with Crippen molar-refractivity contribution in [1.82, 2.24) is 24.8 Å². The normalized spacial score (nSPS) is 16.8. The second kappa shape index (κ2) is 9.68. The van der Waals surface area contributed by atoms with E-state index in [0.717, 1.165) is 62.5 Å². The van der Waals surface area contributed by atoms with Gasteiger partial charge in [-0.2, -0.15) is 4.98 Å². The average molecular weight is 453 g/mol. The standard InChI is InChI=1S/C20H24N6O2.2ClH/c27-19(16-14-26-11-8-21-7-6-18(26)22-16)24-9-3-10-25(13-12-24)20-23-15-4-1-2-5-17(15)28-20;;/h1-2,4-5,14,21H,3,6-13H2;2*1H. The van der Waals surface area contributed by atoms with Crippen LogP contribution in [0.1, 0.15) is 22.7 Å². The summed E-state index contributed by atoms with van der Waals surface area (Å²) in [6, 6.07) is 8.42. The van der Waals surface area contributed by atoms with Crippen LogP contribution in [-0.4, -0.2) is 64.6 Å². The lowest BCUT2D eigenvalue weighted by Crippen LogP contribution is -2.35. The molecule has 3 aromatic rings. The number of benzene rings is 1. The van der Waals surface area contributed by atoms with Crippen molar-refractivity contribution < 1.29 is 9.21 Å². The Morgan fingerprint density at radius 1 is 1.00 bits per heavy atom. The molecule has 2 aliphatic heterocycles. The zero-order valence-corrected chi connectivity index (χ0v) is 18.3. The molecular formula is C20H26Cl2N6O2. The Kier molecular flexibility index (Phi) is 7.23. The minimum Gasteiger partial charge on any atom is -0.423 e. The molecule has 0 aliphatic carbocycles. The first-order valence-corrected chi connectivity index (χ1v) is 9.94. The summed E-state index contributed by atoms with van der Waals surface area (Å²) in [5.74, 6) is 1.02. The predicted molar refractivity (Wildman–Crippen MR) is 120 cm³/mol. The highest BCUT2D eigenvalue weighted by Gasteiger charge is 2.25. The summed E-state index contributed by atoms with van der Waals surface area (Å²) < 4.78 is 8.01. The molecule has 8 nitrogen and oxygen atoms in total. The van der Waals surface area contributed by atoms with Crippen molar-refractivity contribution >= 4 is 47.8 Å². The van der Waals surface area contributed by atoms with Crippen LogP contribution in [0.2, 0.25) is 0 Å². The first-order valence-electron chi connectivity index (χ1n) is 9.94. The number of nitrogens with zero attached hydrogens (tertiary/aromatic N) is 5. The Morgan fingerprint density at radius 3 is 2.73 bits per heavy atom. The number of fused-ring (bicyclic) bond motifs is 2. The van der Waals surface area contributed by atoms with E-state index in [2.05, 4.69) is 24.8 Å². The zero-order valence-electron chi connectivity index (χ0n) is 16.6. The molecule has 5 rings (SSSR count). The van der Waals surface area contributed by atoms with Gasteiger partial charge < -0.3 is 24.1 Å². The lowest BCUT2D eigenvalue weighted by molar-refractivity contribution is 0.0761. The number of anilines is 1. The molecule has 4 heterocycles. The molecule has 2 aliphatic rings. The van der Waals surface area contributed by atoms with E-state index in [9.17, 15) is 4.79 Å². The number of hydrogen-bond donors (Lipinski definition) is 1. The van der Waals surface area contributed by atoms with E-state index in [-0.39, 0.29) is 30.7 Å². The van der Waals surface area contributed by atoms with Gasteiger partial charge in [-0.1, -0.05) is 12.1 Å². The summed E-state index contributed by atoms with van der Waals surface area (Å²) in [6.07, 6.45) is 3.65. The summed E-state index contributed by atoms with van der Waals surface area (Å²) in [6.45, 7) is 5.58. The molecular weight excluding hydrogens is 427 g/mol. The zero-order chi connectivity index (χ0) is 18.9. The van der Waals surface area contributed by atoms with Gasteiger partial charge in [-0.3, -0.25) is 4.79 Å². The molecule has 0 spiro atoms. The summed E-state index contributed by atoms with van der Waals surface area (Å²) in [5, 5.41) is 3.35. The lowest BCUT2D eigenvalue weighted by atomic mass is 10.3. The molecule has 10 heteroatoms. The maximum absolute atomic E-state index is 13.0.